The average Bonchev–Trinajstić information content (AvgIpc) is 2.39. The predicted molar refractivity (Wildman–Crippen MR) is 78.1 cm³/mol. The molecule has 0 saturated carbocycles. The Bertz CT molecular complexity index is 715. The minimum absolute atomic E-state index is 0.102. The van der Waals surface area contributed by atoms with E-state index in [9.17, 15) is 13.6 Å². The van der Waals surface area contributed by atoms with Gasteiger partial charge in [-0.2, -0.15) is 0 Å². The van der Waals surface area contributed by atoms with Gasteiger partial charge in [0.15, 0.2) is 11.6 Å². The smallest absolute Gasteiger partial charge is 0.335 e. The van der Waals surface area contributed by atoms with Crippen molar-refractivity contribution in [2.45, 2.75) is 0 Å². The van der Waals surface area contributed by atoms with Crippen LogP contribution >= 0.6 is 34.8 Å². The lowest BCUT2D eigenvalue weighted by molar-refractivity contribution is 0.0696. The second kappa shape index (κ2) is 6.05. The van der Waals surface area contributed by atoms with E-state index in [1.807, 2.05) is 0 Å². The minimum Gasteiger partial charge on any atom is -0.478 e. The third-order valence-electron chi connectivity index (χ3n) is 2.56. The Morgan fingerprint density at radius 2 is 1.48 bits per heavy atom. The lowest BCUT2D eigenvalue weighted by Crippen LogP contribution is -2.03. The SMILES string of the molecule is O=C(O)c1cc(F)c(Nc2cc(Cl)c(Cl)cc2Cl)c(F)c1. The van der Waals surface area contributed by atoms with E-state index in [4.69, 9.17) is 39.9 Å². The highest BCUT2D eigenvalue weighted by molar-refractivity contribution is 6.44. The molecule has 2 N–H and O–H groups in total. The molecule has 0 amide bonds. The van der Waals surface area contributed by atoms with E-state index < -0.39 is 28.9 Å². The molecule has 0 aliphatic carbocycles. The van der Waals surface area contributed by atoms with Crippen LogP contribution in [0.4, 0.5) is 20.2 Å². The van der Waals surface area contributed by atoms with E-state index in [2.05, 4.69) is 5.32 Å². The van der Waals surface area contributed by atoms with Gasteiger partial charge in [-0.3, -0.25) is 0 Å². The number of rotatable bonds is 3. The Morgan fingerprint density at radius 3 is 2.00 bits per heavy atom. The van der Waals surface area contributed by atoms with Crippen LogP contribution in [-0.4, -0.2) is 11.1 Å². The second-order valence-electron chi connectivity index (χ2n) is 3.99. The number of carboxylic acid groups (broad SMARTS) is 1. The maximum Gasteiger partial charge on any atom is 0.335 e. The van der Waals surface area contributed by atoms with Crippen LogP contribution in [-0.2, 0) is 0 Å². The molecule has 0 atom stereocenters. The Balaban J connectivity index is 2.45. The van der Waals surface area contributed by atoms with Crippen molar-refractivity contribution >= 4 is 52.1 Å². The summed E-state index contributed by atoms with van der Waals surface area (Å²) in [5.41, 5.74) is -0.914. The molecule has 2 rings (SSSR count). The van der Waals surface area contributed by atoms with Gasteiger partial charge < -0.3 is 10.4 Å². The van der Waals surface area contributed by atoms with Gasteiger partial charge in [0.05, 0.1) is 26.3 Å². The van der Waals surface area contributed by atoms with Crippen LogP contribution in [0.25, 0.3) is 0 Å². The Hall–Kier alpha value is -1.56. The first kappa shape index (κ1) is 15.8. The highest BCUT2D eigenvalue weighted by atomic mass is 35.5. The molecule has 0 fully saturated rings. The molecule has 0 saturated heterocycles. The molecule has 110 valence electrons. The number of nitrogens with one attached hydrogen (secondary N) is 1. The van der Waals surface area contributed by atoms with Crippen LogP contribution < -0.4 is 5.32 Å². The van der Waals surface area contributed by atoms with Crippen molar-refractivity contribution in [2.75, 3.05) is 5.32 Å². The summed E-state index contributed by atoms with van der Waals surface area (Å²) in [5.74, 6) is -3.59. The van der Waals surface area contributed by atoms with Crippen molar-refractivity contribution in [3.05, 3.63) is 56.5 Å². The molecule has 0 heterocycles. The fourth-order valence-corrected chi connectivity index (χ4v) is 2.16. The molecule has 0 unspecified atom stereocenters. The molecule has 2 aromatic rings. The molecule has 0 spiro atoms. The van der Waals surface area contributed by atoms with E-state index in [1.165, 1.54) is 12.1 Å². The molecule has 0 aliphatic rings. The summed E-state index contributed by atoms with van der Waals surface area (Å²) in [7, 11) is 0. The van der Waals surface area contributed by atoms with Crippen LogP contribution in [0.5, 0.6) is 0 Å². The lowest BCUT2D eigenvalue weighted by atomic mass is 10.1. The van der Waals surface area contributed by atoms with Gasteiger partial charge in [-0.25, -0.2) is 13.6 Å². The van der Waals surface area contributed by atoms with Crippen molar-refractivity contribution in [1.29, 1.82) is 0 Å². The quantitative estimate of drug-likeness (QED) is 0.730. The van der Waals surface area contributed by atoms with Crippen molar-refractivity contribution in [3.8, 4) is 0 Å². The predicted octanol–water partition coefficient (Wildman–Crippen LogP) is 5.37. The number of halogens is 5. The van der Waals surface area contributed by atoms with E-state index >= 15 is 0 Å². The fraction of sp³-hybridized carbons (Fsp3) is 0. The van der Waals surface area contributed by atoms with Crippen molar-refractivity contribution in [1.82, 2.24) is 0 Å². The van der Waals surface area contributed by atoms with Crippen LogP contribution in [0.3, 0.4) is 0 Å². The summed E-state index contributed by atoms with van der Waals surface area (Å²) < 4.78 is 27.6. The zero-order chi connectivity index (χ0) is 15.7. The maximum atomic E-state index is 13.8. The molecular formula is C13H6Cl3F2NO2. The number of hydrogen-bond acceptors (Lipinski definition) is 2. The number of anilines is 2. The number of hydrogen-bond donors (Lipinski definition) is 2. The minimum atomic E-state index is -1.44. The largest absolute Gasteiger partial charge is 0.478 e. The van der Waals surface area contributed by atoms with E-state index in [0.29, 0.717) is 12.1 Å². The number of benzene rings is 2. The van der Waals surface area contributed by atoms with E-state index in [0.717, 1.165) is 0 Å². The topological polar surface area (TPSA) is 49.3 Å². The normalized spacial score (nSPS) is 10.5. The first-order valence-electron chi connectivity index (χ1n) is 5.43. The average molecular weight is 353 g/mol. The molecule has 2 aromatic carbocycles. The molecular weight excluding hydrogens is 347 g/mol. The Labute approximate surface area is 133 Å². The molecule has 21 heavy (non-hydrogen) atoms. The first-order chi connectivity index (χ1) is 9.79. The van der Waals surface area contributed by atoms with Gasteiger partial charge in [0.2, 0.25) is 0 Å². The van der Waals surface area contributed by atoms with Gasteiger partial charge in [-0.15, -0.1) is 0 Å². The van der Waals surface area contributed by atoms with Crippen LogP contribution in [0.2, 0.25) is 15.1 Å². The lowest BCUT2D eigenvalue weighted by Gasteiger charge is -2.12. The van der Waals surface area contributed by atoms with E-state index in [-0.39, 0.29) is 20.8 Å². The summed E-state index contributed by atoms with van der Waals surface area (Å²) >= 11 is 17.4. The number of carboxylic acids is 1. The maximum absolute atomic E-state index is 13.8. The van der Waals surface area contributed by atoms with Gasteiger partial charge in [0.1, 0.15) is 5.69 Å². The Kier molecular flexibility index (Phi) is 4.56. The molecule has 0 radical (unpaired) electrons. The first-order valence-corrected chi connectivity index (χ1v) is 6.57. The van der Waals surface area contributed by atoms with Gasteiger partial charge in [-0.1, -0.05) is 34.8 Å². The molecule has 8 heteroatoms. The summed E-state index contributed by atoms with van der Waals surface area (Å²) in [6, 6.07) is 4.00. The van der Waals surface area contributed by atoms with E-state index in [1.54, 1.807) is 0 Å². The summed E-state index contributed by atoms with van der Waals surface area (Å²) in [6.45, 7) is 0. The highest BCUT2D eigenvalue weighted by Gasteiger charge is 2.16. The zero-order valence-corrected chi connectivity index (χ0v) is 12.3. The van der Waals surface area contributed by atoms with Crippen molar-refractivity contribution in [3.63, 3.8) is 0 Å². The molecule has 3 nitrogen and oxygen atoms in total. The zero-order valence-electron chi connectivity index (χ0n) is 10.1. The molecule has 0 aromatic heterocycles. The van der Waals surface area contributed by atoms with Gasteiger partial charge in [0.25, 0.3) is 0 Å². The monoisotopic (exact) mass is 351 g/mol. The summed E-state index contributed by atoms with van der Waals surface area (Å²) in [6.07, 6.45) is 0. The molecule has 0 bridgehead atoms. The van der Waals surface area contributed by atoms with Crippen molar-refractivity contribution in [2.24, 2.45) is 0 Å². The highest BCUT2D eigenvalue weighted by Crippen LogP contribution is 2.35. The third kappa shape index (κ3) is 3.37. The van der Waals surface area contributed by atoms with Gasteiger partial charge >= 0.3 is 5.97 Å². The molecule has 0 aliphatic heterocycles. The summed E-state index contributed by atoms with van der Waals surface area (Å²) in [5, 5.41) is 11.6. The number of aromatic carboxylic acids is 1. The van der Waals surface area contributed by atoms with Gasteiger partial charge in [-0.05, 0) is 24.3 Å². The van der Waals surface area contributed by atoms with Crippen LogP contribution in [0.15, 0.2) is 24.3 Å². The fourth-order valence-electron chi connectivity index (χ4n) is 1.57. The van der Waals surface area contributed by atoms with Crippen LogP contribution in [0.1, 0.15) is 10.4 Å². The third-order valence-corrected chi connectivity index (χ3v) is 3.59. The Morgan fingerprint density at radius 1 is 0.952 bits per heavy atom. The summed E-state index contributed by atoms with van der Waals surface area (Å²) in [4.78, 5) is 10.7. The van der Waals surface area contributed by atoms with Crippen LogP contribution in [0, 0.1) is 11.6 Å². The number of carbonyl (C=O) groups is 1. The van der Waals surface area contributed by atoms with Crippen molar-refractivity contribution < 1.29 is 18.7 Å². The second-order valence-corrected chi connectivity index (χ2v) is 5.21. The van der Waals surface area contributed by atoms with Gasteiger partial charge in [0, 0.05) is 0 Å². The standard InChI is InChI=1S/C13H6Cl3F2NO2/c14-6-3-8(16)11(4-7(6)15)19-12-9(17)1-5(13(20)21)2-10(12)18/h1-4,19H,(H,20,21).